The summed E-state index contributed by atoms with van der Waals surface area (Å²) in [5.41, 5.74) is 0. The largest absolute Gasteiger partial charge is 0.488 e. The third-order valence-corrected chi connectivity index (χ3v) is 2.26. The minimum absolute atomic E-state index is 0.0167. The first kappa shape index (κ1) is 12.9. The molecule has 0 aliphatic rings. The van der Waals surface area contributed by atoms with Crippen LogP contribution in [-0.2, 0) is 0 Å². The molecule has 4 heteroatoms. The van der Waals surface area contributed by atoms with E-state index in [9.17, 15) is 8.78 Å². The first-order chi connectivity index (χ1) is 7.63. The highest BCUT2D eigenvalue weighted by Crippen LogP contribution is 2.20. The van der Waals surface area contributed by atoms with Crippen molar-refractivity contribution in [1.29, 1.82) is 0 Å². The smallest absolute Gasteiger partial charge is 0.165 e. The third kappa shape index (κ3) is 4.14. The average molecular weight is 229 g/mol. The predicted octanol–water partition coefficient (Wildman–Crippen LogP) is 2.73. The van der Waals surface area contributed by atoms with Gasteiger partial charge in [-0.1, -0.05) is 0 Å². The van der Waals surface area contributed by atoms with E-state index in [2.05, 4.69) is 5.32 Å². The van der Waals surface area contributed by atoms with Crippen molar-refractivity contribution in [2.24, 2.45) is 0 Å². The van der Waals surface area contributed by atoms with E-state index in [1.165, 1.54) is 0 Å². The van der Waals surface area contributed by atoms with Crippen LogP contribution in [0.1, 0.15) is 19.8 Å². The summed E-state index contributed by atoms with van der Waals surface area (Å²) in [7, 11) is 1.87. The number of hydrogen-bond acceptors (Lipinski definition) is 2. The van der Waals surface area contributed by atoms with Crippen molar-refractivity contribution in [2.45, 2.75) is 25.9 Å². The van der Waals surface area contributed by atoms with Crippen LogP contribution in [0.15, 0.2) is 18.2 Å². The van der Waals surface area contributed by atoms with Crippen molar-refractivity contribution in [3.05, 3.63) is 29.8 Å². The van der Waals surface area contributed by atoms with Gasteiger partial charge in [0.1, 0.15) is 5.82 Å². The zero-order valence-corrected chi connectivity index (χ0v) is 9.59. The normalized spacial score (nSPS) is 12.5. The van der Waals surface area contributed by atoms with Gasteiger partial charge >= 0.3 is 0 Å². The van der Waals surface area contributed by atoms with Crippen molar-refractivity contribution >= 4 is 0 Å². The lowest BCUT2D eigenvalue weighted by molar-refractivity contribution is 0.198. The summed E-state index contributed by atoms with van der Waals surface area (Å²) >= 11 is 0. The van der Waals surface area contributed by atoms with E-state index >= 15 is 0 Å². The maximum Gasteiger partial charge on any atom is 0.165 e. The Morgan fingerprint density at radius 3 is 2.81 bits per heavy atom. The third-order valence-electron chi connectivity index (χ3n) is 2.26. The molecule has 90 valence electrons. The summed E-state index contributed by atoms with van der Waals surface area (Å²) in [5, 5.41) is 3.02. The zero-order chi connectivity index (χ0) is 12.0. The molecule has 2 nitrogen and oxygen atoms in total. The number of benzene rings is 1. The van der Waals surface area contributed by atoms with Gasteiger partial charge in [0, 0.05) is 6.07 Å². The lowest BCUT2D eigenvalue weighted by atomic mass is 10.2. The van der Waals surface area contributed by atoms with E-state index in [1.807, 2.05) is 14.0 Å². The van der Waals surface area contributed by atoms with Crippen LogP contribution in [0.4, 0.5) is 8.78 Å². The minimum atomic E-state index is -0.526. The molecule has 1 atom stereocenters. The van der Waals surface area contributed by atoms with Crippen molar-refractivity contribution in [2.75, 3.05) is 13.6 Å². The highest BCUT2D eigenvalue weighted by Gasteiger charge is 2.09. The maximum absolute atomic E-state index is 13.2. The Morgan fingerprint density at radius 1 is 1.38 bits per heavy atom. The second-order valence-corrected chi connectivity index (χ2v) is 3.75. The molecule has 1 aromatic rings. The van der Waals surface area contributed by atoms with E-state index in [1.54, 1.807) is 0 Å². The van der Waals surface area contributed by atoms with Crippen LogP contribution in [0.2, 0.25) is 0 Å². The van der Waals surface area contributed by atoms with E-state index in [0.717, 1.165) is 37.6 Å². The quantitative estimate of drug-likeness (QED) is 0.757. The second kappa shape index (κ2) is 6.43. The maximum atomic E-state index is 13.2. The highest BCUT2D eigenvalue weighted by molar-refractivity contribution is 5.25. The van der Waals surface area contributed by atoms with Crippen molar-refractivity contribution in [3.63, 3.8) is 0 Å². The molecule has 0 saturated carbocycles. The van der Waals surface area contributed by atoms with E-state index in [0.29, 0.717) is 0 Å². The topological polar surface area (TPSA) is 21.3 Å². The second-order valence-electron chi connectivity index (χ2n) is 3.75. The molecule has 0 heterocycles. The number of nitrogens with one attached hydrogen (secondary N) is 1. The summed E-state index contributed by atoms with van der Waals surface area (Å²) in [6.07, 6.45) is 1.62. The molecule has 0 amide bonds. The van der Waals surface area contributed by atoms with E-state index < -0.39 is 11.6 Å². The summed E-state index contributed by atoms with van der Waals surface area (Å²) in [6, 6.07) is 3.22. The van der Waals surface area contributed by atoms with Gasteiger partial charge in [0.15, 0.2) is 11.6 Å². The first-order valence-electron chi connectivity index (χ1n) is 5.39. The first-order valence-corrected chi connectivity index (χ1v) is 5.39. The minimum Gasteiger partial charge on any atom is -0.488 e. The molecule has 1 rings (SSSR count). The Labute approximate surface area is 94.6 Å². The molecule has 0 bridgehead atoms. The molecular weight excluding hydrogens is 212 g/mol. The standard InChI is InChI=1S/C12H17F2NO/c1-9(4-3-7-15-2)16-12-8-10(13)5-6-11(12)14/h5-6,8-9,15H,3-4,7H2,1-2H3. The Morgan fingerprint density at radius 2 is 2.12 bits per heavy atom. The van der Waals surface area contributed by atoms with Gasteiger partial charge < -0.3 is 10.1 Å². The molecule has 1 N–H and O–H groups in total. The van der Waals surface area contributed by atoms with Crippen molar-refractivity contribution < 1.29 is 13.5 Å². The molecule has 0 radical (unpaired) electrons. The molecule has 0 saturated heterocycles. The molecule has 16 heavy (non-hydrogen) atoms. The predicted molar refractivity (Wildman–Crippen MR) is 59.6 cm³/mol. The number of rotatable bonds is 6. The Hall–Kier alpha value is -1.16. The van der Waals surface area contributed by atoms with Gasteiger partial charge in [0.25, 0.3) is 0 Å². The monoisotopic (exact) mass is 229 g/mol. The summed E-state index contributed by atoms with van der Waals surface area (Å²) in [4.78, 5) is 0. The summed E-state index contributed by atoms with van der Waals surface area (Å²) in [6.45, 7) is 2.74. The number of halogens is 2. The van der Waals surface area contributed by atoms with Gasteiger partial charge in [-0.15, -0.1) is 0 Å². The Balaban J connectivity index is 2.48. The Kier molecular flexibility index (Phi) is 5.19. The zero-order valence-electron chi connectivity index (χ0n) is 9.59. The Bertz CT molecular complexity index is 331. The summed E-state index contributed by atoms with van der Waals surface area (Å²) < 4.78 is 31.4. The van der Waals surface area contributed by atoms with Gasteiger partial charge in [0.2, 0.25) is 0 Å². The van der Waals surface area contributed by atoms with Crippen LogP contribution in [0.5, 0.6) is 5.75 Å². The molecule has 0 fully saturated rings. The lowest BCUT2D eigenvalue weighted by Crippen LogP contribution is -2.16. The molecule has 0 aromatic heterocycles. The fourth-order valence-corrected chi connectivity index (χ4v) is 1.41. The fourth-order valence-electron chi connectivity index (χ4n) is 1.41. The highest BCUT2D eigenvalue weighted by atomic mass is 19.1. The fraction of sp³-hybridized carbons (Fsp3) is 0.500. The van der Waals surface area contributed by atoms with Gasteiger partial charge in [-0.25, -0.2) is 8.78 Å². The molecule has 0 aliphatic carbocycles. The van der Waals surface area contributed by atoms with Crippen LogP contribution in [-0.4, -0.2) is 19.7 Å². The number of ether oxygens (including phenoxy) is 1. The molecule has 0 aliphatic heterocycles. The van der Waals surface area contributed by atoms with E-state index in [-0.39, 0.29) is 11.9 Å². The molecule has 1 aromatic carbocycles. The van der Waals surface area contributed by atoms with E-state index in [4.69, 9.17) is 4.74 Å². The van der Waals surface area contributed by atoms with Crippen LogP contribution < -0.4 is 10.1 Å². The SMILES string of the molecule is CNCCCC(C)Oc1cc(F)ccc1F. The van der Waals surface area contributed by atoms with Gasteiger partial charge in [-0.05, 0) is 45.5 Å². The molecule has 0 spiro atoms. The lowest BCUT2D eigenvalue weighted by Gasteiger charge is -2.15. The summed E-state index contributed by atoms with van der Waals surface area (Å²) in [5.74, 6) is -1.03. The average Bonchev–Trinajstić information content (AvgIpc) is 2.24. The van der Waals surface area contributed by atoms with Gasteiger partial charge in [-0.2, -0.15) is 0 Å². The number of hydrogen-bond donors (Lipinski definition) is 1. The van der Waals surface area contributed by atoms with Crippen LogP contribution >= 0.6 is 0 Å². The van der Waals surface area contributed by atoms with Gasteiger partial charge in [-0.3, -0.25) is 0 Å². The van der Waals surface area contributed by atoms with Gasteiger partial charge in [0.05, 0.1) is 6.10 Å². The van der Waals surface area contributed by atoms with Crippen LogP contribution in [0.25, 0.3) is 0 Å². The molecule has 1 unspecified atom stereocenters. The van der Waals surface area contributed by atoms with Crippen molar-refractivity contribution in [3.8, 4) is 5.75 Å². The van der Waals surface area contributed by atoms with Crippen LogP contribution in [0.3, 0.4) is 0 Å². The van der Waals surface area contributed by atoms with Crippen molar-refractivity contribution in [1.82, 2.24) is 5.32 Å². The van der Waals surface area contributed by atoms with Crippen LogP contribution in [0, 0.1) is 11.6 Å². The molecular formula is C12H17F2NO.